The molecule has 1 rings (SSSR count). The van der Waals surface area contributed by atoms with E-state index in [2.05, 4.69) is 12.2 Å². The first-order valence-corrected chi connectivity index (χ1v) is 5.39. The fourth-order valence-corrected chi connectivity index (χ4v) is 1.64. The van der Waals surface area contributed by atoms with Gasteiger partial charge in [0.05, 0.1) is 13.2 Å². The normalized spacial score (nSPS) is 22.0. The summed E-state index contributed by atoms with van der Waals surface area (Å²) in [5.41, 5.74) is 0. The zero-order valence-corrected chi connectivity index (χ0v) is 9.08. The highest BCUT2D eigenvalue weighted by Crippen LogP contribution is 2.00. The molecule has 0 aromatic heterocycles. The Balaban J connectivity index is 2.43. The molecule has 1 saturated heterocycles. The van der Waals surface area contributed by atoms with E-state index >= 15 is 0 Å². The van der Waals surface area contributed by atoms with Gasteiger partial charge in [0.1, 0.15) is 6.04 Å². The lowest BCUT2D eigenvalue weighted by Gasteiger charge is -2.29. The molecule has 1 heterocycles. The van der Waals surface area contributed by atoms with E-state index in [4.69, 9.17) is 4.74 Å². The number of carbonyl (C=O) groups excluding carboxylic acids is 1. The molecule has 1 aliphatic rings. The van der Waals surface area contributed by atoms with Gasteiger partial charge in [-0.25, -0.2) is 0 Å². The molecule has 4 nitrogen and oxygen atoms in total. The lowest BCUT2D eigenvalue weighted by molar-refractivity contribution is -0.136. The summed E-state index contributed by atoms with van der Waals surface area (Å²) in [6.45, 7) is 7.72. The minimum absolute atomic E-state index is 0.129. The van der Waals surface area contributed by atoms with Crippen LogP contribution >= 0.6 is 0 Å². The number of hydrogen-bond donors (Lipinski definition) is 1. The van der Waals surface area contributed by atoms with Crippen LogP contribution in [-0.4, -0.2) is 49.7 Å². The molecule has 1 amide bonds. The van der Waals surface area contributed by atoms with Gasteiger partial charge >= 0.3 is 0 Å². The van der Waals surface area contributed by atoms with Crippen molar-refractivity contribution in [1.29, 1.82) is 0 Å². The molecule has 0 aromatic carbocycles. The second-order valence-corrected chi connectivity index (χ2v) is 3.50. The van der Waals surface area contributed by atoms with E-state index in [1.54, 1.807) is 0 Å². The van der Waals surface area contributed by atoms with Gasteiger partial charge in [-0.3, -0.25) is 4.79 Å². The van der Waals surface area contributed by atoms with Gasteiger partial charge < -0.3 is 15.0 Å². The van der Waals surface area contributed by atoms with Crippen molar-refractivity contribution in [2.24, 2.45) is 0 Å². The third-order valence-electron chi connectivity index (χ3n) is 2.41. The van der Waals surface area contributed by atoms with Crippen molar-refractivity contribution in [1.82, 2.24) is 10.2 Å². The molecule has 0 spiro atoms. The van der Waals surface area contributed by atoms with Crippen LogP contribution in [-0.2, 0) is 9.53 Å². The van der Waals surface area contributed by atoms with Gasteiger partial charge in [0.2, 0.25) is 5.91 Å². The number of rotatable bonds is 4. The van der Waals surface area contributed by atoms with Crippen LogP contribution in [0.25, 0.3) is 0 Å². The van der Waals surface area contributed by atoms with Crippen LogP contribution in [0.5, 0.6) is 0 Å². The predicted octanol–water partition coefficient (Wildman–Crippen LogP) is 0.233. The van der Waals surface area contributed by atoms with Crippen LogP contribution in [0, 0.1) is 0 Å². The summed E-state index contributed by atoms with van der Waals surface area (Å²) in [6.07, 6.45) is 1.01. The number of amides is 1. The van der Waals surface area contributed by atoms with E-state index in [-0.39, 0.29) is 11.9 Å². The summed E-state index contributed by atoms with van der Waals surface area (Å²) in [5.74, 6) is 0.175. The molecule has 4 heteroatoms. The number of hydrogen-bond acceptors (Lipinski definition) is 3. The lowest BCUT2D eigenvalue weighted by atomic mass is 10.2. The SMILES string of the molecule is CCCN(CC)C(=O)C1COCCN1. The number of ether oxygens (including phenoxy) is 1. The summed E-state index contributed by atoms with van der Waals surface area (Å²) in [5, 5.41) is 3.18. The zero-order valence-electron chi connectivity index (χ0n) is 9.08. The van der Waals surface area contributed by atoms with Crippen molar-refractivity contribution < 1.29 is 9.53 Å². The van der Waals surface area contributed by atoms with Crippen LogP contribution < -0.4 is 5.32 Å². The van der Waals surface area contributed by atoms with Gasteiger partial charge in [-0.15, -0.1) is 0 Å². The van der Waals surface area contributed by atoms with Gasteiger partial charge in [0.25, 0.3) is 0 Å². The third-order valence-corrected chi connectivity index (χ3v) is 2.41. The van der Waals surface area contributed by atoms with Gasteiger partial charge in [0, 0.05) is 19.6 Å². The van der Waals surface area contributed by atoms with E-state index in [1.807, 2.05) is 11.8 Å². The first-order valence-electron chi connectivity index (χ1n) is 5.39. The minimum atomic E-state index is -0.129. The summed E-state index contributed by atoms with van der Waals surface area (Å²) in [7, 11) is 0. The van der Waals surface area contributed by atoms with E-state index in [0.29, 0.717) is 13.2 Å². The van der Waals surface area contributed by atoms with Crippen molar-refractivity contribution >= 4 is 5.91 Å². The number of likely N-dealkylation sites (N-methyl/N-ethyl adjacent to an activating group) is 1. The van der Waals surface area contributed by atoms with Crippen LogP contribution in [0.15, 0.2) is 0 Å². The Hall–Kier alpha value is -0.610. The molecule has 82 valence electrons. The van der Waals surface area contributed by atoms with Crippen LogP contribution in [0.3, 0.4) is 0 Å². The van der Waals surface area contributed by atoms with Crippen LogP contribution in [0.1, 0.15) is 20.3 Å². The topological polar surface area (TPSA) is 41.6 Å². The van der Waals surface area contributed by atoms with Crippen molar-refractivity contribution in [3.8, 4) is 0 Å². The molecule has 14 heavy (non-hydrogen) atoms. The first-order chi connectivity index (χ1) is 6.79. The Labute approximate surface area is 85.6 Å². The molecule has 1 fully saturated rings. The number of nitrogens with zero attached hydrogens (tertiary/aromatic N) is 1. The summed E-state index contributed by atoms with van der Waals surface area (Å²) in [4.78, 5) is 13.8. The highest BCUT2D eigenvalue weighted by Gasteiger charge is 2.24. The zero-order chi connectivity index (χ0) is 10.4. The van der Waals surface area contributed by atoms with E-state index < -0.39 is 0 Å². The second kappa shape index (κ2) is 5.98. The molecule has 0 radical (unpaired) electrons. The molecule has 1 atom stereocenters. The maximum atomic E-state index is 11.9. The van der Waals surface area contributed by atoms with Gasteiger partial charge in [-0.2, -0.15) is 0 Å². The number of nitrogens with one attached hydrogen (secondary N) is 1. The fraction of sp³-hybridized carbons (Fsp3) is 0.900. The molecule has 0 aliphatic carbocycles. The molecule has 1 unspecified atom stereocenters. The first kappa shape index (κ1) is 11.5. The van der Waals surface area contributed by atoms with Crippen LogP contribution in [0.4, 0.5) is 0 Å². The molecular formula is C10H20N2O2. The van der Waals surface area contributed by atoms with Gasteiger partial charge in [-0.05, 0) is 13.3 Å². The smallest absolute Gasteiger partial charge is 0.242 e. The molecule has 0 bridgehead atoms. The maximum absolute atomic E-state index is 11.9. The van der Waals surface area contributed by atoms with E-state index in [0.717, 1.165) is 26.1 Å². The Morgan fingerprint density at radius 2 is 2.36 bits per heavy atom. The molecular weight excluding hydrogens is 180 g/mol. The standard InChI is InChI=1S/C10H20N2O2/c1-3-6-12(4-2)10(13)9-8-14-7-5-11-9/h9,11H,3-8H2,1-2H3. The molecule has 1 N–H and O–H groups in total. The Bertz CT molecular complexity index is 172. The Morgan fingerprint density at radius 3 is 2.86 bits per heavy atom. The van der Waals surface area contributed by atoms with Crippen molar-refractivity contribution in [3.63, 3.8) is 0 Å². The van der Waals surface area contributed by atoms with Gasteiger partial charge in [0.15, 0.2) is 0 Å². The van der Waals surface area contributed by atoms with E-state index in [9.17, 15) is 4.79 Å². The fourth-order valence-electron chi connectivity index (χ4n) is 1.64. The lowest BCUT2D eigenvalue weighted by Crippen LogP contribution is -2.52. The third kappa shape index (κ3) is 2.96. The monoisotopic (exact) mass is 200 g/mol. The highest BCUT2D eigenvalue weighted by molar-refractivity contribution is 5.82. The molecule has 0 aromatic rings. The van der Waals surface area contributed by atoms with Gasteiger partial charge in [-0.1, -0.05) is 6.92 Å². The van der Waals surface area contributed by atoms with Crippen molar-refractivity contribution in [2.75, 3.05) is 32.8 Å². The largest absolute Gasteiger partial charge is 0.378 e. The number of morpholine rings is 1. The predicted molar refractivity (Wildman–Crippen MR) is 55.2 cm³/mol. The second-order valence-electron chi connectivity index (χ2n) is 3.50. The van der Waals surface area contributed by atoms with Crippen molar-refractivity contribution in [3.05, 3.63) is 0 Å². The summed E-state index contributed by atoms with van der Waals surface area (Å²) < 4.78 is 5.27. The average molecular weight is 200 g/mol. The van der Waals surface area contributed by atoms with Crippen molar-refractivity contribution in [2.45, 2.75) is 26.3 Å². The Kier molecular flexibility index (Phi) is 4.90. The summed E-state index contributed by atoms with van der Waals surface area (Å²) >= 11 is 0. The highest BCUT2D eigenvalue weighted by atomic mass is 16.5. The molecule has 0 saturated carbocycles. The van der Waals surface area contributed by atoms with Crippen LogP contribution in [0.2, 0.25) is 0 Å². The quantitative estimate of drug-likeness (QED) is 0.706. The maximum Gasteiger partial charge on any atom is 0.242 e. The average Bonchev–Trinajstić information content (AvgIpc) is 2.26. The molecule has 1 aliphatic heterocycles. The van der Waals surface area contributed by atoms with E-state index in [1.165, 1.54) is 0 Å². The number of carbonyl (C=O) groups is 1. The Morgan fingerprint density at radius 1 is 1.57 bits per heavy atom. The summed E-state index contributed by atoms with van der Waals surface area (Å²) in [6, 6.07) is -0.129. The minimum Gasteiger partial charge on any atom is -0.378 e.